The number of ketones is 1. The van der Waals surface area contributed by atoms with Crippen LogP contribution in [-0.2, 0) is 9.59 Å². The normalized spacial score (nSPS) is 28.6. The molecule has 1 N–H and O–H groups in total. The summed E-state index contributed by atoms with van der Waals surface area (Å²) in [4.78, 5) is 26.4. The second-order valence-corrected chi connectivity index (χ2v) is 7.30. The van der Waals surface area contributed by atoms with Gasteiger partial charge in [-0.25, -0.2) is 0 Å². The lowest BCUT2D eigenvalue weighted by molar-refractivity contribution is -0.128. The number of hydrogen-bond acceptors (Lipinski definition) is 3. The first-order chi connectivity index (χ1) is 9.37. The van der Waals surface area contributed by atoms with Crippen LogP contribution in [0.2, 0.25) is 0 Å². The van der Waals surface area contributed by atoms with E-state index in [-0.39, 0.29) is 17.4 Å². The summed E-state index contributed by atoms with van der Waals surface area (Å²) in [7, 11) is 0. The summed E-state index contributed by atoms with van der Waals surface area (Å²) >= 11 is 0. The Morgan fingerprint density at radius 3 is 2.60 bits per heavy atom. The van der Waals surface area contributed by atoms with Crippen LogP contribution in [0.1, 0.15) is 59.3 Å². The molecule has 0 aromatic rings. The van der Waals surface area contributed by atoms with Crippen LogP contribution in [0.15, 0.2) is 0 Å². The Balaban J connectivity index is 1.96. The molecule has 20 heavy (non-hydrogen) atoms. The highest BCUT2D eigenvalue weighted by molar-refractivity contribution is 5.84. The van der Waals surface area contributed by atoms with Crippen molar-refractivity contribution in [1.29, 1.82) is 0 Å². The number of likely N-dealkylation sites (tertiary alicyclic amines) is 1. The van der Waals surface area contributed by atoms with Crippen LogP contribution >= 0.6 is 0 Å². The SMILES string of the molecule is CC(C)(C)NC(=O)CN1CCCCC1C1CCCC1=O. The van der Waals surface area contributed by atoms with Crippen LogP contribution in [0.3, 0.4) is 0 Å². The second-order valence-electron chi connectivity index (χ2n) is 7.30. The van der Waals surface area contributed by atoms with E-state index in [0.717, 1.165) is 38.6 Å². The third-order valence-corrected chi connectivity index (χ3v) is 4.34. The van der Waals surface area contributed by atoms with Gasteiger partial charge in [-0.15, -0.1) is 0 Å². The van der Waals surface area contributed by atoms with Crippen LogP contribution in [0.4, 0.5) is 0 Å². The lowest BCUT2D eigenvalue weighted by atomic mass is 9.88. The molecule has 2 fully saturated rings. The van der Waals surface area contributed by atoms with Gasteiger partial charge in [-0.3, -0.25) is 14.5 Å². The summed E-state index contributed by atoms with van der Waals surface area (Å²) in [5.41, 5.74) is -0.189. The number of carbonyl (C=O) groups is 2. The zero-order chi connectivity index (χ0) is 14.8. The molecule has 114 valence electrons. The summed E-state index contributed by atoms with van der Waals surface area (Å²) in [5.74, 6) is 0.672. The minimum absolute atomic E-state index is 0.0786. The van der Waals surface area contributed by atoms with Gasteiger partial charge < -0.3 is 5.32 Å². The first-order valence-electron chi connectivity index (χ1n) is 7.94. The monoisotopic (exact) mass is 280 g/mol. The lowest BCUT2D eigenvalue weighted by Crippen LogP contribution is -2.52. The number of piperidine rings is 1. The number of rotatable bonds is 3. The van der Waals surface area contributed by atoms with Crippen molar-refractivity contribution in [3.8, 4) is 0 Å². The molecular weight excluding hydrogens is 252 g/mol. The van der Waals surface area contributed by atoms with Crippen LogP contribution in [0.25, 0.3) is 0 Å². The Morgan fingerprint density at radius 2 is 2.00 bits per heavy atom. The molecular formula is C16H28N2O2. The average molecular weight is 280 g/mol. The fraction of sp³-hybridized carbons (Fsp3) is 0.875. The molecule has 1 amide bonds. The molecule has 1 aliphatic heterocycles. The fourth-order valence-corrected chi connectivity index (χ4v) is 3.56. The van der Waals surface area contributed by atoms with Gasteiger partial charge in [0.2, 0.25) is 5.91 Å². The van der Waals surface area contributed by atoms with E-state index in [1.54, 1.807) is 0 Å². The summed E-state index contributed by atoms with van der Waals surface area (Å²) in [5, 5.41) is 3.02. The van der Waals surface area contributed by atoms with E-state index in [2.05, 4.69) is 10.2 Å². The maximum atomic E-state index is 12.1. The van der Waals surface area contributed by atoms with E-state index in [1.165, 1.54) is 6.42 Å². The maximum absolute atomic E-state index is 12.1. The van der Waals surface area contributed by atoms with Gasteiger partial charge in [-0.2, -0.15) is 0 Å². The molecule has 2 rings (SSSR count). The topological polar surface area (TPSA) is 49.4 Å². The first kappa shape index (κ1) is 15.5. The molecule has 0 aromatic heterocycles. The van der Waals surface area contributed by atoms with Crippen molar-refractivity contribution in [3.63, 3.8) is 0 Å². The molecule has 1 saturated carbocycles. The molecule has 1 aliphatic carbocycles. The van der Waals surface area contributed by atoms with Gasteiger partial charge >= 0.3 is 0 Å². The van der Waals surface area contributed by atoms with Crippen LogP contribution < -0.4 is 5.32 Å². The van der Waals surface area contributed by atoms with Crippen LogP contribution in [-0.4, -0.2) is 41.3 Å². The third-order valence-electron chi connectivity index (χ3n) is 4.34. The van der Waals surface area contributed by atoms with Crippen molar-refractivity contribution < 1.29 is 9.59 Å². The molecule has 1 heterocycles. The summed E-state index contributed by atoms with van der Waals surface area (Å²) in [6.45, 7) is 7.38. The van der Waals surface area contributed by atoms with Crippen LogP contribution in [0.5, 0.6) is 0 Å². The zero-order valence-corrected chi connectivity index (χ0v) is 13.1. The standard InChI is InChI=1S/C16H28N2O2/c1-16(2,3)17-15(20)11-18-10-5-4-8-13(18)12-7-6-9-14(12)19/h12-13H,4-11H2,1-3H3,(H,17,20). The van der Waals surface area contributed by atoms with Gasteiger partial charge in [0.1, 0.15) is 5.78 Å². The average Bonchev–Trinajstić information content (AvgIpc) is 2.73. The molecule has 2 atom stereocenters. The zero-order valence-electron chi connectivity index (χ0n) is 13.1. The van der Waals surface area contributed by atoms with Gasteiger partial charge in [0.05, 0.1) is 6.54 Å². The largest absolute Gasteiger partial charge is 0.350 e. The Kier molecular flexibility index (Phi) is 4.84. The molecule has 0 bridgehead atoms. The van der Waals surface area contributed by atoms with Gasteiger partial charge in [0.25, 0.3) is 0 Å². The molecule has 4 heteroatoms. The van der Waals surface area contributed by atoms with E-state index in [1.807, 2.05) is 20.8 Å². The number of nitrogens with one attached hydrogen (secondary N) is 1. The summed E-state index contributed by atoms with van der Waals surface area (Å²) in [6, 6.07) is 0.296. The minimum Gasteiger partial charge on any atom is -0.350 e. The number of amides is 1. The van der Waals surface area contributed by atoms with Crippen molar-refractivity contribution in [2.45, 2.75) is 70.9 Å². The highest BCUT2D eigenvalue weighted by Gasteiger charge is 2.37. The number of nitrogens with zero attached hydrogens (tertiary/aromatic N) is 1. The van der Waals surface area contributed by atoms with Crippen molar-refractivity contribution in [3.05, 3.63) is 0 Å². The number of carbonyl (C=O) groups excluding carboxylic acids is 2. The Bertz CT molecular complexity index is 373. The van der Waals surface area contributed by atoms with Gasteiger partial charge in [0.15, 0.2) is 0 Å². The predicted molar refractivity (Wildman–Crippen MR) is 79.5 cm³/mol. The predicted octanol–water partition coefficient (Wildman–Crippen LogP) is 2.12. The Morgan fingerprint density at radius 1 is 1.25 bits per heavy atom. The second kappa shape index (κ2) is 6.25. The van der Waals surface area contributed by atoms with E-state index in [9.17, 15) is 9.59 Å². The molecule has 4 nitrogen and oxygen atoms in total. The molecule has 2 aliphatic rings. The molecule has 0 aromatic carbocycles. The Hall–Kier alpha value is -0.900. The highest BCUT2D eigenvalue weighted by atomic mass is 16.2. The third kappa shape index (κ3) is 4.05. The molecule has 0 spiro atoms. The summed E-state index contributed by atoms with van der Waals surface area (Å²) < 4.78 is 0. The fourth-order valence-electron chi connectivity index (χ4n) is 3.56. The molecule has 1 saturated heterocycles. The van der Waals surface area contributed by atoms with E-state index < -0.39 is 0 Å². The lowest BCUT2D eigenvalue weighted by Gasteiger charge is -2.38. The maximum Gasteiger partial charge on any atom is 0.234 e. The highest BCUT2D eigenvalue weighted by Crippen LogP contribution is 2.32. The smallest absolute Gasteiger partial charge is 0.234 e. The Labute approximate surface area is 122 Å². The van der Waals surface area contributed by atoms with Crippen molar-refractivity contribution >= 4 is 11.7 Å². The molecule has 2 unspecified atom stereocenters. The molecule has 0 radical (unpaired) electrons. The minimum atomic E-state index is -0.189. The van der Waals surface area contributed by atoms with E-state index >= 15 is 0 Å². The van der Waals surface area contributed by atoms with E-state index in [4.69, 9.17) is 0 Å². The van der Waals surface area contributed by atoms with Crippen molar-refractivity contribution in [1.82, 2.24) is 10.2 Å². The van der Waals surface area contributed by atoms with Crippen molar-refractivity contribution in [2.75, 3.05) is 13.1 Å². The van der Waals surface area contributed by atoms with Gasteiger partial charge in [0, 0.05) is 23.9 Å². The van der Waals surface area contributed by atoms with Crippen molar-refractivity contribution in [2.24, 2.45) is 5.92 Å². The number of hydrogen-bond donors (Lipinski definition) is 1. The number of Topliss-reactive ketones (excluding diaryl/α,β-unsaturated/α-hetero) is 1. The van der Waals surface area contributed by atoms with Gasteiger partial charge in [-0.1, -0.05) is 6.42 Å². The quantitative estimate of drug-likeness (QED) is 0.861. The van der Waals surface area contributed by atoms with Crippen LogP contribution in [0, 0.1) is 5.92 Å². The van der Waals surface area contributed by atoms with Gasteiger partial charge in [-0.05, 0) is 53.0 Å². The summed E-state index contributed by atoms with van der Waals surface area (Å²) in [6.07, 6.45) is 6.18. The first-order valence-corrected chi connectivity index (χ1v) is 7.94. The van der Waals surface area contributed by atoms with E-state index in [0.29, 0.717) is 18.4 Å².